The first-order valence-corrected chi connectivity index (χ1v) is 4.79. The van der Waals surface area contributed by atoms with Gasteiger partial charge in [0.2, 0.25) is 0 Å². The molecule has 3 nitrogen and oxygen atoms in total. The molecule has 0 aromatic heterocycles. The largest absolute Gasteiger partial charge is 0.392 e. The van der Waals surface area contributed by atoms with Crippen molar-refractivity contribution in [3.05, 3.63) is 24.3 Å². The summed E-state index contributed by atoms with van der Waals surface area (Å²) in [5.41, 5.74) is 2.19. The lowest BCUT2D eigenvalue weighted by atomic mass is 10.2. The number of rotatable bonds is 4. The van der Waals surface area contributed by atoms with Gasteiger partial charge >= 0.3 is 0 Å². The number of hydrogen-bond donors (Lipinski definition) is 2. The van der Waals surface area contributed by atoms with Gasteiger partial charge in [-0.2, -0.15) is 0 Å². The molecule has 0 fully saturated rings. The Morgan fingerprint density at radius 3 is 2.57 bits per heavy atom. The summed E-state index contributed by atoms with van der Waals surface area (Å²) < 4.78 is 0. The molecular weight excluding hydrogens is 176 g/mol. The van der Waals surface area contributed by atoms with Gasteiger partial charge in [-0.25, -0.2) is 0 Å². The number of nitrogens with one attached hydrogen (secondary N) is 1. The van der Waals surface area contributed by atoms with Gasteiger partial charge < -0.3 is 15.3 Å². The van der Waals surface area contributed by atoms with Gasteiger partial charge in [0, 0.05) is 20.6 Å². The van der Waals surface area contributed by atoms with Crippen molar-refractivity contribution < 1.29 is 5.11 Å². The molecule has 2 N–H and O–H groups in total. The highest BCUT2D eigenvalue weighted by Gasteiger charge is 2.03. The Morgan fingerprint density at radius 1 is 1.36 bits per heavy atom. The van der Waals surface area contributed by atoms with Gasteiger partial charge in [-0.05, 0) is 19.1 Å². The van der Waals surface area contributed by atoms with E-state index in [1.165, 1.54) is 0 Å². The zero-order chi connectivity index (χ0) is 10.6. The average Bonchev–Trinajstić information content (AvgIpc) is 2.15. The Morgan fingerprint density at radius 2 is 2.00 bits per heavy atom. The Balaban J connectivity index is 2.74. The van der Waals surface area contributed by atoms with E-state index in [0.29, 0.717) is 6.54 Å². The molecule has 1 atom stereocenters. The van der Waals surface area contributed by atoms with Crippen LogP contribution in [0, 0.1) is 0 Å². The van der Waals surface area contributed by atoms with Crippen molar-refractivity contribution in [2.24, 2.45) is 0 Å². The zero-order valence-corrected chi connectivity index (χ0v) is 8.99. The Bertz CT molecular complexity index is 284. The molecule has 1 aromatic carbocycles. The van der Waals surface area contributed by atoms with Gasteiger partial charge in [-0.3, -0.25) is 0 Å². The van der Waals surface area contributed by atoms with Gasteiger partial charge in [0.15, 0.2) is 0 Å². The summed E-state index contributed by atoms with van der Waals surface area (Å²) >= 11 is 0. The second-order valence-corrected chi connectivity index (χ2v) is 3.64. The minimum Gasteiger partial charge on any atom is -0.392 e. The molecular formula is C11H18N2O. The van der Waals surface area contributed by atoms with Crippen LogP contribution in [0.25, 0.3) is 0 Å². The van der Waals surface area contributed by atoms with Crippen LogP contribution in [0.5, 0.6) is 0 Å². The molecule has 0 amide bonds. The van der Waals surface area contributed by atoms with Crippen LogP contribution in [0.4, 0.5) is 11.4 Å². The standard InChI is InChI=1S/C11H18N2O/c1-9(14)8-12-10-6-4-5-7-11(10)13(2)3/h4-7,9,12,14H,8H2,1-3H3/t9-/m1/s1. The highest BCUT2D eigenvalue weighted by Crippen LogP contribution is 2.22. The van der Waals surface area contributed by atoms with Crippen LogP contribution in [0.1, 0.15) is 6.92 Å². The minimum atomic E-state index is -0.329. The lowest BCUT2D eigenvalue weighted by molar-refractivity contribution is 0.208. The second-order valence-electron chi connectivity index (χ2n) is 3.64. The highest BCUT2D eigenvalue weighted by atomic mass is 16.3. The van der Waals surface area contributed by atoms with Crippen molar-refractivity contribution in [3.63, 3.8) is 0 Å². The fourth-order valence-corrected chi connectivity index (χ4v) is 1.27. The Labute approximate surface area is 85.4 Å². The van der Waals surface area contributed by atoms with Gasteiger partial charge in [-0.1, -0.05) is 12.1 Å². The molecule has 1 aromatic rings. The number of nitrogens with zero attached hydrogens (tertiary/aromatic N) is 1. The van der Waals surface area contributed by atoms with Crippen molar-refractivity contribution >= 4 is 11.4 Å². The number of aliphatic hydroxyl groups excluding tert-OH is 1. The van der Waals surface area contributed by atoms with Crippen molar-refractivity contribution in [3.8, 4) is 0 Å². The van der Waals surface area contributed by atoms with E-state index in [-0.39, 0.29) is 6.10 Å². The van der Waals surface area contributed by atoms with E-state index in [0.717, 1.165) is 11.4 Å². The SMILES string of the molecule is C[C@@H](O)CNc1ccccc1N(C)C. The summed E-state index contributed by atoms with van der Waals surface area (Å²) in [6.45, 7) is 2.34. The smallest absolute Gasteiger partial charge is 0.0684 e. The lowest BCUT2D eigenvalue weighted by Crippen LogP contribution is -2.18. The summed E-state index contributed by atoms with van der Waals surface area (Å²) in [5, 5.41) is 12.4. The predicted molar refractivity (Wildman–Crippen MR) is 60.9 cm³/mol. The monoisotopic (exact) mass is 194 g/mol. The van der Waals surface area contributed by atoms with Crippen molar-refractivity contribution in [1.82, 2.24) is 0 Å². The number of benzene rings is 1. The first-order valence-electron chi connectivity index (χ1n) is 4.79. The number of para-hydroxylation sites is 2. The van der Waals surface area contributed by atoms with E-state index >= 15 is 0 Å². The average molecular weight is 194 g/mol. The molecule has 0 radical (unpaired) electrons. The molecule has 0 saturated carbocycles. The first-order chi connectivity index (χ1) is 6.61. The molecule has 78 valence electrons. The summed E-state index contributed by atoms with van der Waals surface area (Å²) in [4.78, 5) is 2.05. The number of anilines is 2. The maximum absolute atomic E-state index is 9.17. The number of aliphatic hydroxyl groups is 1. The van der Waals surface area contributed by atoms with E-state index in [2.05, 4.69) is 5.32 Å². The number of hydrogen-bond acceptors (Lipinski definition) is 3. The predicted octanol–water partition coefficient (Wildman–Crippen LogP) is 1.55. The topological polar surface area (TPSA) is 35.5 Å². The van der Waals surface area contributed by atoms with E-state index in [9.17, 15) is 0 Å². The van der Waals surface area contributed by atoms with Crippen LogP contribution in [0.3, 0.4) is 0 Å². The van der Waals surface area contributed by atoms with E-state index in [1.54, 1.807) is 6.92 Å². The van der Waals surface area contributed by atoms with Crippen LogP contribution >= 0.6 is 0 Å². The summed E-state index contributed by atoms with van der Waals surface area (Å²) in [5.74, 6) is 0. The molecule has 0 aliphatic heterocycles. The van der Waals surface area contributed by atoms with Crippen molar-refractivity contribution in [1.29, 1.82) is 0 Å². The van der Waals surface area contributed by atoms with E-state index in [4.69, 9.17) is 5.11 Å². The van der Waals surface area contributed by atoms with Crippen LogP contribution in [0.2, 0.25) is 0 Å². The molecule has 0 unspecified atom stereocenters. The summed E-state index contributed by atoms with van der Waals surface area (Å²) in [6.07, 6.45) is -0.329. The zero-order valence-electron chi connectivity index (χ0n) is 8.99. The van der Waals surface area contributed by atoms with Gasteiger partial charge in [0.05, 0.1) is 17.5 Å². The molecule has 0 heterocycles. The second kappa shape index (κ2) is 4.86. The Kier molecular flexibility index (Phi) is 3.77. The van der Waals surface area contributed by atoms with Crippen LogP contribution < -0.4 is 10.2 Å². The lowest BCUT2D eigenvalue weighted by Gasteiger charge is -2.18. The van der Waals surface area contributed by atoms with Crippen LogP contribution in [0.15, 0.2) is 24.3 Å². The quantitative estimate of drug-likeness (QED) is 0.763. The van der Waals surface area contributed by atoms with Crippen LogP contribution in [-0.2, 0) is 0 Å². The normalized spacial score (nSPS) is 12.3. The van der Waals surface area contributed by atoms with Crippen molar-refractivity contribution in [2.75, 3.05) is 30.9 Å². The summed E-state index contributed by atoms with van der Waals surface area (Å²) in [7, 11) is 4.01. The third kappa shape index (κ3) is 2.92. The minimum absolute atomic E-state index is 0.329. The van der Waals surface area contributed by atoms with E-state index in [1.807, 2.05) is 43.3 Å². The molecule has 0 saturated heterocycles. The first kappa shape index (κ1) is 10.9. The van der Waals surface area contributed by atoms with Gasteiger partial charge in [-0.15, -0.1) is 0 Å². The fourth-order valence-electron chi connectivity index (χ4n) is 1.27. The maximum atomic E-state index is 9.17. The van der Waals surface area contributed by atoms with Crippen LogP contribution in [-0.4, -0.2) is 31.9 Å². The molecule has 0 aliphatic carbocycles. The molecule has 0 bridgehead atoms. The molecule has 14 heavy (non-hydrogen) atoms. The maximum Gasteiger partial charge on any atom is 0.0684 e. The summed E-state index contributed by atoms with van der Waals surface area (Å²) in [6, 6.07) is 8.04. The van der Waals surface area contributed by atoms with E-state index < -0.39 is 0 Å². The highest BCUT2D eigenvalue weighted by molar-refractivity contribution is 5.69. The van der Waals surface area contributed by atoms with Gasteiger partial charge in [0.1, 0.15) is 0 Å². The third-order valence-electron chi connectivity index (χ3n) is 1.97. The fraction of sp³-hybridized carbons (Fsp3) is 0.455. The molecule has 1 rings (SSSR count). The van der Waals surface area contributed by atoms with Crippen molar-refractivity contribution in [2.45, 2.75) is 13.0 Å². The Hall–Kier alpha value is -1.22. The van der Waals surface area contributed by atoms with Gasteiger partial charge in [0.25, 0.3) is 0 Å². The molecule has 3 heteroatoms. The molecule has 0 spiro atoms. The molecule has 0 aliphatic rings. The third-order valence-corrected chi connectivity index (χ3v) is 1.97.